The van der Waals surface area contributed by atoms with Gasteiger partial charge in [0.1, 0.15) is 5.82 Å². The second-order valence-corrected chi connectivity index (χ2v) is 6.27. The summed E-state index contributed by atoms with van der Waals surface area (Å²) in [7, 11) is 0. The number of nitrogens with one attached hydrogen (secondary N) is 2. The van der Waals surface area contributed by atoms with Gasteiger partial charge in [0.05, 0.1) is 5.54 Å². The van der Waals surface area contributed by atoms with E-state index in [9.17, 15) is 9.18 Å². The third-order valence-corrected chi connectivity index (χ3v) is 3.45. The normalized spacial score (nSPS) is 17.5. The first-order valence-corrected chi connectivity index (χ1v) is 6.67. The Morgan fingerprint density at radius 2 is 1.79 bits per heavy atom. The third kappa shape index (κ3) is 3.25. The van der Waals surface area contributed by atoms with Crippen LogP contribution in [0.15, 0.2) is 24.3 Å². The van der Waals surface area contributed by atoms with Crippen LogP contribution in [0.2, 0.25) is 0 Å². The van der Waals surface area contributed by atoms with Gasteiger partial charge in [-0.05, 0) is 57.7 Å². The van der Waals surface area contributed by atoms with Crippen molar-refractivity contribution in [3.8, 4) is 0 Å². The van der Waals surface area contributed by atoms with Gasteiger partial charge in [0, 0.05) is 5.54 Å². The Bertz CT molecular complexity index is 458. The van der Waals surface area contributed by atoms with Crippen molar-refractivity contribution in [2.24, 2.45) is 0 Å². The minimum Gasteiger partial charge on any atom is -0.334 e. The first kappa shape index (κ1) is 13.8. The van der Waals surface area contributed by atoms with Gasteiger partial charge in [0.25, 0.3) is 0 Å². The lowest BCUT2D eigenvalue weighted by molar-refractivity contribution is 0.172. The van der Waals surface area contributed by atoms with Gasteiger partial charge in [0.2, 0.25) is 0 Å². The fraction of sp³-hybridized carbons (Fsp3) is 0.533. The molecule has 0 aromatic heterocycles. The molecule has 0 bridgehead atoms. The van der Waals surface area contributed by atoms with Gasteiger partial charge in [-0.1, -0.05) is 12.1 Å². The topological polar surface area (TPSA) is 41.1 Å². The Hall–Kier alpha value is -1.58. The zero-order valence-corrected chi connectivity index (χ0v) is 11.7. The number of halogens is 1. The molecule has 1 aromatic carbocycles. The highest BCUT2D eigenvalue weighted by Gasteiger charge is 2.40. The van der Waals surface area contributed by atoms with E-state index in [2.05, 4.69) is 10.6 Å². The van der Waals surface area contributed by atoms with Crippen LogP contribution >= 0.6 is 0 Å². The van der Waals surface area contributed by atoms with Crippen LogP contribution in [0.5, 0.6) is 0 Å². The summed E-state index contributed by atoms with van der Waals surface area (Å²) < 4.78 is 13.0. The largest absolute Gasteiger partial charge is 0.334 e. The molecule has 2 amide bonds. The van der Waals surface area contributed by atoms with Crippen molar-refractivity contribution in [3.05, 3.63) is 35.6 Å². The number of benzene rings is 1. The van der Waals surface area contributed by atoms with E-state index in [0.717, 1.165) is 24.8 Å². The van der Waals surface area contributed by atoms with Gasteiger partial charge in [-0.15, -0.1) is 0 Å². The second kappa shape index (κ2) is 4.83. The molecule has 0 saturated heterocycles. The van der Waals surface area contributed by atoms with Crippen LogP contribution < -0.4 is 10.6 Å². The van der Waals surface area contributed by atoms with Crippen LogP contribution in [0.3, 0.4) is 0 Å². The van der Waals surface area contributed by atoms with Gasteiger partial charge >= 0.3 is 6.03 Å². The van der Waals surface area contributed by atoms with Crippen LogP contribution in [0.25, 0.3) is 0 Å². The van der Waals surface area contributed by atoms with Crippen LogP contribution in [-0.2, 0) is 5.54 Å². The molecule has 4 heteroatoms. The first-order valence-electron chi connectivity index (χ1n) is 6.67. The van der Waals surface area contributed by atoms with Crippen molar-refractivity contribution in [2.45, 2.75) is 51.1 Å². The Kier molecular flexibility index (Phi) is 3.52. The van der Waals surface area contributed by atoms with Crippen molar-refractivity contribution in [3.63, 3.8) is 0 Å². The molecule has 1 fully saturated rings. The standard InChI is InChI=1S/C15H21FN2O/c1-14(2,3)17-13(19)18-15(9-4-10-15)11-5-7-12(16)8-6-11/h5-8H,4,9-10H2,1-3H3,(H2,17,18,19). The van der Waals surface area contributed by atoms with Gasteiger partial charge < -0.3 is 10.6 Å². The Labute approximate surface area is 113 Å². The zero-order chi connectivity index (χ0) is 14.1. The van der Waals surface area contributed by atoms with E-state index in [1.165, 1.54) is 12.1 Å². The number of urea groups is 1. The summed E-state index contributed by atoms with van der Waals surface area (Å²) in [5, 5.41) is 5.95. The molecular formula is C15H21FN2O. The van der Waals surface area contributed by atoms with E-state index >= 15 is 0 Å². The van der Waals surface area contributed by atoms with Gasteiger partial charge in [-0.25, -0.2) is 9.18 Å². The van der Waals surface area contributed by atoms with Gasteiger partial charge in [-0.2, -0.15) is 0 Å². The summed E-state index contributed by atoms with van der Waals surface area (Å²) in [6.45, 7) is 5.83. The molecule has 0 heterocycles. The maximum absolute atomic E-state index is 13.0. The lowest BCUT2D eigenvalue weighted by atomic mass is 9.72. The van der Waals surface area contributed by atoms with Gasteiger partial charge in [-0.3, -0.25) is 0 Å². The molecule has 0 unspecified atom stereocenters. The zero-order valence-electron chi connectivity index (χ0n) is 11.7. The van der Waals surface area contributed by atoms with Crippen molar-refractivity contribution in [1.29, 1.82) is 0 Å². The molecule has 1 saturated carbocycles. The molecule has 0 radical (unpaired) electrons. The molecular weight excluding hydrogens is 243 g/mol. The first-order chi connectivity index (χ1) is 8.81. The summed E-state index contributed by atoms with van der Waals surface area (Å²) in [6, 6.07) is 6.23. The van der Waals surface area contributed by atoms with Crippen LogP contribution in [-0.4, -0.2) is 11.6 Å². The monoisotopic (exact) mass is 264 g/mol. The van der Waals surface area contributed by atoms with E-state index in [4.69, 9.17) is 0 Å². The van der Waals surface area contributed by atoms with Crippen LogP contribution in [0.1, 0.15) is 45.6 Å². The van der Waals surface area contributed by atoms with E-state index in [1.54, 1.807) is 12.1 Å². The van der Waals surface area contributed by atoms with E-state index in [0.29, 0.717) is 0 Å². The molecule has 1 aliphatic carbocycles. The highest BCUT2D eigenvalue weighted by molar-refractivity contribution is 5.76. The predicted molar refractivity (Wildman–Crippen MR) is 73.3 cm³/mol. The number of hydrogen-bond donors (Lipinski definition) is 2. The average molecular weight is 264 g/mol. The second-order valence-electron chi connectivity index (χ2n) is 6.27. The lowest BCUT2D eigenvalue weighted by Gasteiger charge is -2.43. The summed E-state index contributed by atoms with van der Waals surface area (Å²) >= 11 is 0. The van der Waals surface area contributed by atoms with Crippen molar-refractivity contribution < 1.29 is 9.18 Å². The number of carbonyl (C=O) groups is 1. The predicted octanol–water partition coefficient (Wildman–Crippen LogP) is 3.30. The maximum atomic E-state index is 13.0. The lowest BCUT2D eigenvalue weighted by Crippen LogP contribution is -2.56. The highest BCUT2D eigenvalue weighted by Crippen LogP contribution is 2.41. The number of hydrogen-bond acceptors (Lipinski definition) is 1. The molecule has 2 rings (SSSR count). The molecule has 0 aliphatic heterocycles. The number of carbonyl (C=O) groups excluding carboxylic acids is 1. The number of amides is 2. The molecule has 2 N–H and O–H groups in total. The third-order valence-electron chi connectivity index (χ3n) is 3.45. The molecule has 1 aromatic rings. The minimum absolute atomic E-state index is 0.170. The number of rotatable bonds is 2. The van der Waals surface area contributed by atoms with Crippen LogP contribution in [0, 0.1) is 5.82 Å². The molecule has 0 atom stereocenters. The Morgan fingerprint density at radius 3 is 2.21 bits per heavy atom. The molecule has 19 heavy (non-hydrogen) atoms. The van der Waals surface area contributed by atoms with E-state index in [1.807, 2.05) is 20.8 Å². The fourth-order valence-corrected chi connectivity index (χ4v) is 2.37. The smallest absolute Gasteiger partial charge is 0.315 e. The summed E-state index contributed by atoms with van der Waals surface area (Å²) in [5.74, 6) is -0.252. The SMILES string of the molecule is CC(C)(C)NC(=O)NC1(c2ccc(F)cc2)CCC1. The van der Waals surface area contributed by atoms with Crippen LogP contribution in [0.4, 0.5) is 9.18 Å². The van der Waals surface area contributed by atoms with Gasteiger partial charge in [0.15, 0.2) is 0 Å². The van der Waals surface area contributed by atoms with E-state index in [-0.39, 0.29) is 22.9 Å². The highest BCUT2D eigenvalue weighted by atomic mass is 19.1. The molecule has 3 nitrogen and oxygen atoms in total. The fourth-order valence-electron chi connectivity index (χ4n) is 2.37. The summed E-state index contributed by atoms with van der Waals surface area (Å²) in [4.78, 5) is 12.0. The van der Waals surface area contributed by atoms with Crippen molar-refractivity contribution in [2.75, 3.05) is 0 Å². The average Bonchev–Trinajstić information content (AvgIpc) is 2.22. The molecule has 104 valence electrons. The summed E-state index contributed by atoms with van der Waals surface area (Å²) in [6.07, 6.45) is 2.87. The summed E-state index contributed by atoms with van der Waals surface area (Å²) in [5.41, 5.74) is 0.380. The quantitative estimate of drug-likeness (QED) is 0.845. The van der Waals surface area contributed by atoms with Crippen molar-refractivity contribution in [1.82, 2.24) is 10.6 Å². The Balaban J connectivity index is 2.11. The Morgan fingerprint density at radius 1 is 1.21 bits per heavy atom. The molecule has 0 spiro atoms. The maximum Gasteiger partial charge on any atom is 0.315 e. The molecule has 1 aliphatic rings. The minimum atomic E-state index is -0.330. The van der Waals surface area contributed by atoms with Crippen molar-refractivity contribution >= 4 is 6.03 Å². The van der Waals surface area contributed by atoms with E-state index < -0.39 is 0 Å².